The van der Waals surface area contributed by atoms with Crippen LogP contribution >= 0.6 is 0 Å². The van der Waals surface area contributed by atoms with Gasteiger partial charge in [-0.2, -0.15) is 9.78 Å². The number of fused-ring (bicyclic) bond motifs is 1. The van der Waals surface area contributed by atoms with Gasteiger partial charge in [-0.3, -0.25) is 0 Å². The normalized spacial score (nSPS) is 10.9. The van der Waals surface area contributed by atoms with E-state index >= 15 is 0 Å². The van der Waals surface area contributed by atoms with Gasteiger partial charge in [0.15, 0.2) is 17.3 Å². The summed E-state index contributed by atoms with van der Waals surface area (Å²) in [6, 6.07) is 13.3. The minimum absolute atomic E-state index is 0.144. The van der Waals surface area contributed by atoms with Crippen LogP contribution in [0.1, 0.15) is 27.3 Å². The Morgan fingerprint density at radius 1 is 1.03 bits per heavy atom. The van der Waals surface area contributed by atoms with Gasteiger partial charge < -0.3 is 10.1 Å². The number of carbonyl (C=O) groups is 1. The standard InChI is InChI=1S/C21H20N6O2/c1-12-6-5-7-15-13(2)10-18(23-20(12)15)27-19(11-14(3)26-27)22-17-9-8-16(24-25-17)21(28)29-4/h5-11H,1-4H3,(H,22,25). The molecule has 0 spiro atoms. The number of pyridine rings is 1. The third kappa shape index (κ3) is 3.52. The first-order valence-electron chi connectivity index (χ1n) is 9.09. The molecule has 0 amide bonds. The van der Waals surface area contributed by atoms with Crippen LogP contribution in [0.2, 0.25) is 0 Å². The van der Waals surface area contributed by atoms with E-state index in [2.05, 4.69) is 38.3 Å². The van der Waals surface area contributed by atoms with E-state index in [0.29, 0.717) is 17.5 Å². The molecule has 0 saturated carbocycles. The summed E-state index contributed by atoms with van der Waals surface area (Å²) >= 11 is 0. The van der Waals surface area contributed by atoms with Crippen molar-refractivity contribution in [3.63, 3.8) is 0 Å². The van der Waals surface area contributed by atoms with Gasteiger partial charge in [-0.05, 0) is 50.1 Å². The molecule has 0 bridgehead atoms. The molecule has 0 aliphatic rings. The summed E-state index contributed by atoms with van der Waals surface area (Å²) in [6.45, 7) is 6.02. The number of nitrogens with one attached hydrogen (secondary N) is 1. The number of hydrogen-bond acceptors (Lipinski definition) is 7. The SMILES string of the molecule is COC(=O)c1ccc(Nc2cc(C)nn2-c2cc(C)c3cccc(C)c3n2)nn1. The molecule has 3 aromatic heterocycles. The van der Waals surface area contributed by atoms with E-state index in [4.69, 9.17) is 4.98 Å². The molecule has 29 heavy (non-hydrogen) atoms. The monoisotopic (exact) mass is 388 g/mol. The Morgan fingerprint density at radius 2 is 1.86 bits per heavy atom. The molecule has 0 fully saturated rings. The first-order valence-corrected chi connectivity index (χ1v) is 9.09. The molecule has 0 aliphatic carbocycles. The topological polar surface area (TPSA) is 94.8 Å². The summed E-state index contributed by atoms with van der Waals surface area (Å²) < 4.78 is 6.39. The fraction of sp³-hybridized carbons (Fsp3) is 0.190. The number of benzene rings is 1. The number of methoxy groups -OCH3 is 1. The molecule has 8 heteroatoms. The van der Waals surface area contributed by atoms with Gasteiger partial charge in [0.1, 0.15) is 5.82 Å². The maximum absolute atomic E-state index is 11.5. The fourth-order valence-corrected chi connectivity index (χ4v) is 3.16. The van der Waals surface area contributed by atoms with Crippen LogP contribution in [0, 0.1) is 20.8 Å². The van der Waals surface area contributed by atoms with Crippen molar-refractivity contribution in [2.24, 2.45) is 0 Å². The number of anilines is 2. The third-order valence-electron chi connectivity index (χ3n) is 4.60. The predicted molar refractivity (Wildman–Crippen MR) is 110 cm³/mol. The summed E-state index contributed by atoms with van der Waals surface area (Å²) in [5.41, 5.74) is 4.15. The first kappa shape index (κ1) is 18.5. The Balaban J connectivity index is 1.73. The molecular formula is C21H20N6O2. The van der Waals surface area contributed by atoms with Crippen LogP contribution in [0.5, 0.6) is 0 Å². The van der Waals surface area contributed by atoms with Crippen LogP contribution in [-0.4, -0.2) is 38.0 Å². The molecule has 0 atom stereocenters. The molecule has 1 N–H and O–H groups in total. The Labute approximate surface area is 167 Å². The van der Waals surface area contributed by atoms with E-state index in [0.717, 1.165) is 27.7 Å². The number of aryl methyl sites for hydroxylation is 3. The van der Waals surface area contributed by atoms with Gasteiger partial charge in [0.05, 0.1) is 18.3 Å². The van der Waals surface area contributed by atoms with E-state index in [1.54, 1.807) is 16.8 Å². The lowest BCUT2D eigenvalue weighted by Gasteiger charge is -2.11. The van der Waals surface area contributed by atoms with Gasteiger partial charge in [-0.1, -0.05) is 18.2 Å². The van der Waals surface area contributed by atoms with Gasteiger partial charge in [0.25, 0.3) is 0 Å². The van der Waals surface area contributed by atoms with E-state index in [-0.39, 0.29) is 5.69 Å². The third-order valence-corrected chi connectivity index (χ3v) is 4.60. The number of esters is 1. The lowest BCUT2D eigenvalue weighted by molar-refractivity contribution is 0.0593. The number of nitrogens with zero attached hydrogens (tertiary/aromatic N) is 5. The van der Waals surface area contributed by atoms with Crippen LogP contribution in [0.4, 0.5) is 11.6 Å². The average Bonchev–Trinajstić information content (AvgIpc) is 3.08. The van der Waals surface area contributed by atoms with Crippen molar-refractivity contribution in [2.75, 3.05) is 12.4 Å². The molecule has 8 nitrogen and oxygen atoms in total. The lowest BCUT2D eigenvalue weighted by atomic mass is 10.1. The highest BCUT2D eigenvalue weighted by molar-refractivity contribution is 5.87. The molecule has 0 saturated heterocycles. The molecule has 1 aromatic carbocycles. The molecular weight excluding hydrogens is 368 g/mol. The number of ether oxygens (including phenoxy) is 1. The van der Waals surface area contributed by atoms with Crippen molar-refractivity contribution in [1.29, 1.82) is 0 Å². The van der Waals surface area contributed by atoms with Gasteiger partial charge in [-0.15, -0.1) is 10.2 Å². The molecule has 0 unspecified atom stereocenters. The van der Waals surface area contributed by atoms with E-state index in [9.17, 15) is 4.79 Å². The second kappa shape index (κ2) is 7.31. The van der Waals surface area contributed by atoms with Crippen molar-refractivity contribution in [2.45, 2.75) is 20.8 Å². The maximum Gasteiger partial charge on any atom is 0.358 e. The summed E-state index contributed by atoms with van der Waals surface area (Å²) in [5.74, 6) is 1.35. The highest BCUT2D eigenvalue weighted by atomic mass is 16.5. The molecule has 0 radical (unpaired) electrons. The molecule has 146 valence electrons. The number of hydrogen-bond donors (Lipinski definition) is 1. The van der Waals surface area contributed by atoms with Gasteiger partial charge >= 0.3 is 5.97 Å². The Morgan fingerprint density at radius 3 is 2.59 bits per heavy atom. The van der Waals surface area contributed by atoms with Gasteiger partial charge in [0.2, 0.25) is 0 Å². The van der Waals surface area contributed by atoms with E-state index in [1.807, 2.05) is 38.1 Å². The predicted octanol–water partition coefficient (Wildman–Crippen LogP) is 3.67. The van der Waals surface area contributed by atoms with Crippen molar-refractivity contribution >= 4 is 28.5 Å². The maximum atomic E-state index is 11.5. The van der Waals surface area contributed by atoms with Crippen molar-refractivity contribution < 1.29 is 9.53 Å². The van der Waals surface area contributed by atoms with Crippen molar-refractivity contribution in [3.05, 3.63) is 65.0 Å². The zero-order valence-corrected chi connectivity index (χ0v) is 16.6. The van der Waals surface area contributed by atoms with E-state index < -0.39 is 5.97 Å². The zero-order valence-electron chi connectivity index (χ0n) is 16.6. The minimum Gasteiger partial charge on any atom is -0.464 e. The smallest absolute Gasteiger partial charge is 0.358 e. The van der Waals surface area contributed by atoms with Crippen LogP contribution in [0.25, 0.3) is 16.7 Å². The summed E-state index contributed by atoms with van der Waals surface area (Å²) in [6.07, 6.45) is 0. The fourth-order valence-electron chi connectivity index (χ4n) is 3.16. The highest BCUT2D eigenvalue weighted by Gasteiger charge is 2.14. The van der Waals surface area contributed by atoms with Crippen molar-refractivity contribution in [3.8, 4) is 5.82 Å². The van der Waals surface area contributed by atoms with Crippen LogP contribution < -0.4 is 5.32 Å². The van der Waals surface area contributed by atoms with Gasteiger partial charge in [0, 0.05) is 11.5 Å². The number of carbonyl (C=O) groups excluding carboxylic acids is 1. The Hall–Kier alpha value is -3.81. The lowest BCUT2D eigenvalue weighted by Crippen LogP contribution is -2.09. The molecule has 0 aliphatic heterocycles. The first-order chi connectivity index (χ1) is 14.0. The molecule has 4 rings (SSSR count). The Kier molecular flexibility index (Phi) is 4.67. The Bertz CT molecular complexity index is 1210. The minimum atomic E-state index is -0.531. The second-order valence-electron chi connectivity index (χ2n) is 6.77. The summed E-state index contributed by atoms with van der Waals surface area (Å²) in [7, 11) is 1.30. The van der Waals surface area contributed by atoms with Crippen LogP contribution in [-0.2, 0) is 4.74 Å². The van der Waals surface area contributed by atoms with E-state index in [1.165, 1.54) is 7.11 Å². The number of rotatable bonds is 4. The largest absolute Gasteiger partial charge is 0.464 e. The zero-order chi connectivity index (χ0) is 20.5. The number of aromatic nitrogens is 5. The van der Waals surface area contributed by atoms with Crippen molar-refractivity contribution in [1.82, 2.24) is 25.0 Å². The second-order valence-corrected chi connectivity index (χ2v) is 6.77. The molecule has 4 aromatic rings. The highest BCUT2D eigenvalue weighted by Crippen LogP contribution is 2.25. The van der Waals surface area contributed by atoms with Gasteiger partial charge in [-0.25, -0.2) is 9.78 Å². The number of para-hydroxylation sites is 1. The van der Waals surface area contributed by atoms with Crippen LogP contribution in [0.15, 0.2) is 42.5 Å². The summed E-state index contributed by atoms with van der Waals surface area (Å²) in [4.78, 5) is 16.4. The summed E-state index contributed by atoms with van der Waals surface area (Å²) in [5, 5.41) is 16.8. The van der Waals surface area contributed by atoms with Crippen LogP contribution in [0.3, 0.4) is 0 Å². The average molecular weight is 388 g/mol. The quantitative estimate of drug-likeness (QED) is 0.533. The molecule has 3 heterocycles.